The number of carboxylic acids is 1. The topological polar surface area (TPSA) is 88.5 Å². The molecule has 1 aliphatic carbocycles. The standard InChI is InChI=1S/C22H20N2O4S/c1-13-12-29-21(23-13)19(10-20(25)26)24-22(27)28-11-18-16-8-4-2-6-14(16)15-7-3-5-9-17(15)18/h2-9,12,18-19H,10-11H2,1H3,(H,24,27)(H,25,26). The third-order valence-electron chi connectivity index (χ3n) is 4.95. The summed E-state index contributed by atoms with van der Waals surface area (Å²) >= 11 is 1.32. The second-order valence-corrected chi connectivity index (χ2v) is 7.84. The SMILES string of the molecule is Cc1csc(C(CC(=O)O)NC(=O)OCC2c3ccccc3-c3ccccc32)n1. The van der Waals surface area contributed by atoms with Crippen molar-refractivity contribution < 1.29 is 19.4 Å². The molecule has 0 spiro atoms. The molecule has 3 aromatic rings. The Morgan fingerprint density at radius 2 is 1.76 bits per heavy atom. The van der Waals surface area contributed by atoms with Crippen molar-refractivity contribution in [2.45, 2.75) is 25.3 Å². The van der Waals surface area contributed by atoms with E-state index in [1.54, 1.807) is 0 Å². The van der Waals surface area contributed by atoms with Crippen molar-refractivity contribution in [2.24, 2.45) is 0 Å². The molecular weight excluding hydrogens is 388 g/mol. The first-order chi connectivity index (χ1) is 14.0. The number of aryl methyl sites for hydroxylation is 1. The van der Waals surface area contributed by atoms with E-state index in [-0.39, 0.29) is 18.9 Å². The first kappa shape index (κ1) is 19.1. The molecule has 29 heavy (non-hydrogen) atoms. The zero-order chi connectivity index (χ0) is 20.4. The van der Waals surface area contributed by atoms with Crippen molar-refractivity contribution in [3.8, 4) is 11.1 Å². The summed E-state index contributed by atoms with van der Waals surface area (Å²) in [6, 6.07) is 15.5. The lowest BCUT2D eigenvalue weighted by molar-refractivity contribution is -0.137. The maximum absolute atomic E-state index is 12.4. The van der Waals surface area contributed by atoms with Crippen LogP contribution in [0.2, 0.25) is 0 Å². The molecule has 7 heteroatoms. The summed E-state index contributed by atoms with van der Waals surface area (Å²) in [5.74, 6) is -1.06. The van der Waals surface area contributed by atoms with Crippen LogP contribution in [0, 0.1) is 6.92 Å². The number of nitrogens with zero attached hydrogens (tertiary/aromatic N) is 1. The molecule has 0 saturated heterocycles. The summed E-state index contributed by atoms with van der Waals surface area (Å²) in [4.78, 5) is 27.9. The number of benzene rings is 2. The Bertz CT molecular complexity index is 1020. The number of hydrogen-bond donors (Lipinski definition) is 2. The largest absolute Gasteiger partial charge is 0.481 e. The van der Waals surface area contributed by atoms with Gasteiger partial charge in [-0.15, -0.1) is 11.3 Å². The van der Waals surface area contributed by atoms with Gasteiger partial charge in [0.1, 0.15) is 11.6 Å². The second-order valence-electron chi connectivity index (χ2n) is 6.95. The number of thiazole rings is 1. The minimum atomic E-state index is -1.01. The Morgan fingerprint density at radius 1 is 1.14 bits per heavy atom. The van der Waals surface area contributed by atoms with Gasteiger partial charge >= 0.3 is 12.1 Å². The average Bonchev–Trinajstić information content (AvgIpc) is 3.27. The van der Waals surface area contributed by atoms with Crippen molar-refractivity contribution >= 4 is 23.4 Å². The first-order valence-electron chi connectivity index (χ1n) is 9.28. The van der Waals surface area contributed by atoms with Crippen molar-refractivity contribution in [1.29, 1.82) is 0 Å². The van der Waals surface area contributed by atoms with E-state index in [1.807, 2.05) is 48.7 Å². The minimum Gasteiger partial charge on any atom is -0.481 e. The predicted molar refractivity (Wildman–Crippen MR) is 110 cm³/mol. The molecule has 0 fully saturated rings. The Hall–Kier alpha value is -3.19. The summed E-state index contributed by atoms with van der Waals surface area (Å²) in [6.07, 6.45) is -0.900. The number of aliphatic carboxylic acids is 1. The van der Waals surface area contributed by atoms with Gasteiger partial charge in [0.05, 0.1) is 12.5 Å². The van der Waals surface area contributed by atoms with Crippen molar-refractivity contribution in [3.63, 3.8) is 0 Å². The molecule has 0 saturated carbocycles. The zero-order valence-corrected chi connectivity index (χ0v) is 16.6. The molecule has 2 aromatic carbocycles. The fourth-order valence-corrected chi connectivity index (χ4v) is 4.54. The third kappa shape index (κ3) is 4.00. The van der Waals surface area contributed by atoms with Gasteiger partial charge in [0, 0.05) is 17.0 Å². The van der Waals surface area contributed by atoms with Gasteiger partial charge in [0.25, 0.3) is 0 Å². The van der Waals surface area contributed by atoms with E-state index in [1.165, 1.54) is 11.3 Å². The monoisotopic (exact) mass is 408 g/mol. The van der Waals surface area contributed by atoms with Crippen LogP contribution in [-0.4, -0.2) is 28.8 Å². The van der Waals surface area contributed by atoms with Gasteiger partial charge in [0.15, 0.2) is 0 Å². The van der Waals surface area contributed by atoms with Crippen molar-refractivity contribution in [3.05, 3.63) is 75.7 Å². The van der Waals surface area contributed by atoms with Crippen molar-refractivity contribution in [1.82, 2.24) is 10.3 Å². The number of carboxylic acid groups (broad SMARTS) is 1. The molecule has 148 valence electrons. The third-order valence-corrected chi connectivity index (χ3v) is 6.03. The quantitative estimate of drug-likeness (QED) is 0.627. The fraction of sp³-hybridized carbons (Fsp3) is 0.227. The zero-order valence-electron chi connectivity index (χ0n) is 15.8. The van der Waals surface area contributed by atoms with E-state index < -0.39 is 18.1 Å². The molecule has 1 heterocycles. The Kier molecular flexibility index (Phi) is 5.31. The number of amides is 1. The van der Waals surface area contributed by atoms with Crippen LogP contribution < -0.4 is 5.32 Å². The van der Waals surface area contributed by atoms with E-state index in [4.69, 9.17) is 4.74 Å². The molecular formula is C22H20N2O4S. The molecule has 1 atom stereocenters. The van der Waals surface area contributed by atoms with Crippen LogP contribution in [0.4, 0.5) is 4.79 Å². The molecule has 6 nitrogen and oxygen atoms in total. The van der Waals surface area contributed by atoms with Gasteiger partial charge in [0.2, 0.25) is 0 Å². The maximum Gasteiger partial charge on any atom is 0.407 e. The van der Waals surface area contributed by atoms with Gasteiger partial charge in [-0.3, -0.25) is 4.79 Å². The number of fused-ring (bicyclic) bond motifs is 3. The number of aromatic nitrogens is 1. The number of nitrogens with one attached hydrogen (secondary N) is 1. The van der Waals surface area contributed by atoms with E-state index in [2.05, 4.69) is 22.4 Å². The summed E-state index contributed by atoms with van der Waals surface area (Å²) in [7, 11) is 0. The average molecular weight is 408 g/mol. The van der Waals surface area contributed by atoms with Gasteiger partial charge in [-0.25, -0.2) is 9.78 Å². The Labute approximate surface area is 172 Å². The smallest absolute Gasteiger partial charge is 0.407 e. The lowest BCUT2D eigenvalue weighted by Gasteiger charge is -2.17. The van der Waals surface area contributed by atoms with Crippen LogP contribution >= 0.6 is 11.3 Å². The molecule has 2 N–H and O–H groups in total. The van der Waals surface area contributed by atoms with Crippen LogP contribution in [0.5, 0.6) is 0 Å². The Balaban J connectivity index is 1.47. The number of hydrogen-bond acceptors (Lipinski definition) is 5. The van der Waals surface area contributed by atoms with E-state index in [0.717, 1.165) is 27.9 Å². The summed E-state index contributed by atoms with van der Waals surface area (Å²) in [5.41, 5.74) is 5.34. The van der Waals surface area contributed by atoms with Crippen molar-refractivity contribution in [2.75, 3.05) is 6.61 Å². The van der Waals surface area contributed by atoms with Crippen LogP contribution in [0.25, 0.3) is 11.1 Å². The van der Waals surface area contributed by atoms with Crippen LogP contribution in [0.3, 0.4) is 0 Å². The molecule has 0 aliphatic heterocycles. The molecule has 1 aliphatic rings. The van der Waals surface area contributed by atoms with E-state index in [0.29, 0.717) is 5.01 Å². The number of carbonyl (C=O) groups excluding carboxylic acids is 1. The number of carbonyl (C=O) groups is 2. The van der Waals surface area contributed by atoms with Gasteiger partial charge in [-0.1, -0.05) is 48.5 Å². The Morgan fingerprint density at radius 3 is 2.31 bits per heavy atom. The highest BCUT2D eigenvalue weighted by Gasteiger charge is 2.29. The van der Waals surface area contributed by atoms with Gasteiger partial charge < -0.3 is 15.2 Å². The highest BCUT2D eigenvalue weighted by molar-refractivity contribution is 7.09. The lowest BCUT2D eigenvalue weighted by atomic mass is 9.98. The molecule has 0 radical (unpaired) electrons. The highest BCUT2D eigenvalue weighted by Crippen LogP contribution is 2.44. The number of alkyl carbamates (subject to hydrolysis) is 1. The second kappa shape index (κ2) is 8.05. The maximum atomic E-state index is 12.4. The van der Waals surface area contributed by atoms with E-state index >= 15 is 0 Å². The first-order valence-corrected chi connectivity index (χ1v) is 10.2. The highest BCUT2D eigenvalue weighted by atomic mass is 32.1. The number of rotatable bonds is 6. The summed E-state index contributed by atoms with van der Waals surface area (Å²) in [5, 5.41) is 14.2. The lowest BCUT2D eigenvalue weighted by Crippen LogP contribution is -2.31. The van der Waals surface area contributed by atoms with Crippen LogP contribution in [0.15, 0.2) is 53.9 Å². The van der Waals surface area contributed by atoms with Gasteiger partial charge in [-0.2, -0.15) is 0 Å². The molecule has 0 bridgehead atoms. The summed E-state index contributed by atoms with van der Waals surface area (Å²) in [6.45, 7) is 2.00. The number of ether oxygens (including phenoxy) is 1. The van der Waals surface area contributed by atoms with Crippen LogP contribution in [-0.2, 0) is 9.53 Å². The fourth-order valence-electron chi connectivity index (χ4n) is 3.69. The molecule has 4 rings (SSSR count). The minimum absolute atomic E-state index is 0.0480. The summed E-state index contributed by atoms with van der Waals surface area (Å²) < 4.78 is 5.51. The predicted octanol–water partition coefficient (Wildman–Crippen LogP) is 4.51. The normalized spacial score (nSPS) is 13.4. The van der Waals surface area contributed by atoms with E-state index in [9.17, 15) is 14.7 Å². The molecule has 1 amide bonds. The van der Waals surface area contributed by atoms with Gasteiger partial charge in [-0.05, 0) is 29.2 Å². The van der Waals surface area contributed by atoms with Crippen LogP contribution in [0.1, 0.15) is 40.2 Å². The molecule has 1 unspecified atom stereocenters. The molecule has 1 aromatic heterocycles.